The molecule has 3 atom stereocenters. The molecule has 5 nitrogen and oxygen atoms in total. The summed E-state index contributed by atoms with van der Waals surface area (Å²) >= 11 is 6.01. The van der Waals surface area contributed by atoms with Gasteiger partial charge in [-0.05, 0) is 70.7 Å². The molecular formula is C20H29ClN2O3. The summed E-state index contributed by atoms with van der Waals surface area (Å²) in [5, 5.41) is 6.67. The van der Waals surface area contributed by atoms with E-state index in [0.29, 0.717) is 17.2 Å². The first-order valence-electron chi connectivity index (χ1n) is 9.29. The van der Waals surface area contributed by atoms with E-state index in [2.05, 4.69) is 10.6 Å². The lowest BCUT2D eigenvalue weighted by Crippen LogP contribution is -2.47. The zero-order valence-corrected chi connectivity index (χ0v) is 16.7. The quantitative estimate of drug-likeness (QED) is 0.792. The highest BCUT2D eigenvalue weighted by atomic mass is 35.5. The molecule has 0 bridgehead atoms. The van der Waals surface area contributed by atoms with E-state index in [1.54, 1.807) is 19.1 Å². The number of benzene rings is 1. The van der Waals surface area contributed by atoms with Crippen LogP contribution in [0.25, 0.3) is 0 Å². The highest BCUT2D eigenvalue weighted by molar-refractivity contribution is 6.31. The Morgan fingerprint density at radius 2 is 1.96 bits per heavy atom. The zero-order chi connectivity index (χ0) is 19.3. The van der Waals surface area contributed by atoms with E-state index < -0.39 is 6.10 Å². The third kappa shape index (κ3) is 5.90. The van der Waals surface area contributed by atoms with E-state index in [0.717, 1.165) is 24.8 Å². The molecule has 0 saturated heterocycles. The zero-order valence-electron chi connectivity index (χ0n) is 16.0. The monoisotopic (exact) mass is 380 g/mol. The van der Waals surface area contributed by atoms with Crippen LogP contribution in [0.15, 0.2) is 18.2 Å². The largest absolute Gasteiger partial charge is 0.481 e. The maximum Gasteiger partial charge on any atom is 0.260 e. The summed E-state index contributed by atoms with van der Waals surface area (Å²) in [5.41, 5.74) is 0.906. The summed E-state index contributed by atoms with van der Waals surface area (Å²) in [4.78, 5) is 24.7. The first-order chi connectivity index (χ1) is 12.3. The molecule has 26 heavy (non-hydrogen) atoms. The van der Waals surface area contributed by atoms with E-state index in [1.807, 2.05) is 26.8 Å². The average Bonchev–Trinajstić information content (AvgIpc) is 2.57. The van der Waals surface area contributed by atoms with Crippen molar-refractivity contribution in [2.24, 2.45) is 5.92 Å². The van der Waals surface area contributed by atoms with Crippen molar-refractivity contribution in [3.63, 3.8) is 0 Å². The van der Waals surface area contributed by atoms with Gasteiger partial charge in [0, 0.05) is 23.0 Å². The molecule has 0 spiro atoms. The van der Waals surface area contributed by atoms with Gasteiger partial charge in [0.1, 0.15) is 5.75 Å². The van der Waals surface area contributed by atoms with Crippen LogP contribution in [0.4, 0.5) is 0 Å². The van der Waals surface area contributed by atoms with Gasteiger partial charge in [-0.3, -0.25) is 9.59 Å². The molecule has 144 valence electrons. The number of rotatable bonds is 6. The number of carbonyl (C=O) groups excluding carboxylic acids is 2. The molecule has 2 amide bonds. The first-order valence-corrected chi connectivity index (χ1v) is 9.67. The standard InChI is InChI=1S/C20H29ClN2O3/c1-12(2)22-20(25)15-6-5-7-16(11-15)23-19(24)14(4)26-17-8-9-18(21)13(3)10-17/h8-10,12,14-16H,5-7,11H2,1-4H3,(H,22,25)(H,23,24). The third-order valence-electron chi connectivity index (χ3n) is 4.63. The van der Waals surface area contributed by atoms with Crippen molar-refractivity contribution in [3.05, 3.63) is 28.8 Å². The molecule has 1 aromatic carbocycles. The van der Waals surface area contributed by atoms with Gasteiger partial charge in [0.25, 0.3) is 5.91 Å². The van der Waals surface area contributed by atoms with Gasteiger partial charge in [-0.25, -0.2) is 0 Å². The summed E-state index contributed by atoms with van der Waals surface area (Å²) in [5.74, 6) is 0.506. The normalized spacial score (nSPS) is 21.2. The number of amides is 2. The van der Waals surface area contributed by atoms with E-state index in [9.17, 15) is 9.59 Å². The van der Waals surface area contributed by atoms with Crippen LogP contribution in [0.2, 0.25) is 5.02 Å². The lowest BCUT2D eigenvalue weighted by atomic mass is 9.85. The molecule has 0 heterocycles. The number of aryl methyl sites for hydroxylation is 1. The Kier molecular flexibility index (Phi) is 7.33. The summed E-state index contributed by atoms with van der Waals surface area (Å²) in [7, 11) is 0. The number of carbonyl (C=O) groups is 2. The van der Waals surface area contributed by atoms with Gasteiger partial charge >= 0.3 is 0 Å². The number of nitrogens with one attached hydrogen (secondary N) is 2. The lowest BCUT2D eigenvalue weighted by molar-refractivity contribution is -0.130. The third-order valence-corrected chi connectivity index (χ3v) is 5.06. The van der Waals surface area contributed by atoms with Gasteiger partial charge < -0.3 is 15.4 Å². The van der Waals surface area contributed by atoms with Crippen molar-refractivity contribution in [1.29, 1.82) is 0 Å². The van der Waals surface area contributed by atoms with Crippen LogP contribution >= 0.6 is 11.6 Å². The number of hydrogen-bond donors (Lipinski definition) is 2. The highest BCUT2D eigenvalue weighted by Gasteiger charge is 2.29. The van der Waals surface area contributed by atoms with Crippen LogP contribution in [0, 0.1) is 12.8 Å². The molecule has 2 N–H and O–H groups in total. The molecule has 1 aromatic rings. The fourth-order valence-electron chi connectivity index (χ4n) is 3.23. The summed E-state index contributed by atoms with van der Waals surface area (Å²) in [6, 6.07) is 5.48. The van der Waals surface area contributed by atoms with Gasteiger partial charge in [0.15, 0.2) is 6.10 Å². The average molecular weight is 381 g/mol. The van der Waals surface area contributed by atoms with E-state index >= 15 is 0 Å². The smallest absolute Gasteiger partial charge is 0.260 e. The van der Waals surface area contributed by atoms with Gasteiger partial charge in [-0.1, -0.05) is 18.0 Å². The topological polar surface area (TPSA) is 67.4 Å². The maximum absolute atomic E-state index is 12.5. The minimum absolute atomic E-state index is 0.0113. The van der Waals surface area contributed by atoms with Crippen LogP contribution in [0.3, 0.4) is 0 Å². The van der Waals surface area contributed by atoms with Crippen LogP contribution in [0.5, 0.6) is 5.75 Å². The highest BCUT2D eigenvalue weighted by Crippen LogP contribution is 2.25. The predicted octanol–water partition coefficient (Wildman–Crippen LogP) is 3.62. The van der Waals surface area contributed by atoms with E-state index in [1.165, 1.54) is 0 Å². The predicted molar refractivity (Wildman–Crippen MR) is 103 cm³/mol. The number of halogens is 1. The first kappa shape index (κ1) is 20.6. The number of hydrogen-bond acceptors (Lipinski definition) is 3. The van der Waals surface area contributed by atoms with Crippen LogP contribution in [-0.4, -0.2) is 30.0 Å². The Labute approximate surface area is 160 Å². The van der Waals surface area contributed by atoms with Crippen molar-refractivity contribution in [1.82, 2.24) is 10.6 Å². The lowest BCUT2D eigenvalue weighted by Gasteiger charge is -2.30. The Bertz CT molecular complexity index is 648. The summed E-state index contributed by atoms with van der Waals surface area (Å²) in [6.07, 6.45) is 2.77. The Morgan fingerprint density at radius 3 is 2.62 bits per heavy atom. The van der Waals surface area contributed by atoms with Crippen LogP contribution < -0.4 is 15.4 Å². The fourth-order valence-corrected chi connectivity index (χ4v) is 3.35. The second-order valence-electron chi connectivity index (χ2n) is 7.40. The molecule has 1 aliphatic rings. The minimum atomic E-state index is -0.611. The second-order valence-corrected chi connectivity index (χ2v) is 7.81. The second kappa shape index (κ2) is 9.26. The number of ether oxygens (including phenoxy) is 1. The van der Waals surface area contributed by atoms with E-state index in [-0.39, 0.29) is 29.8 Å². The molecule has 2 rings (SSSR count). The molecule has 6 heteroatoms. The van der Waals surface area contributed by atoms with Gasteiger partial charge in [0.2, 0.25) is 5.91 Å². The van der Waals surface area contributed by atoms with Crippen LogP contribution in [-0.2, 0) is 9.59 Å². The summed E-state index contributed by atoms with van der Waals surface area (Å²) < 4.78 is 5.73. The Balaban J connectivity index is 1.87. The molecular weight excluding hydrogens is 352 g/mol. The Hall–Kier alpha value is -1.75. The van der Waals surface area contributed by atoms with Crippen molar-refractivity contribution >= 4 is 23.4 Å². The van der Waals surface area contributed by atoms with Gasteiger partial charge in [-0.15, -0.1) is 0 Å². The Morgan fingerprint density at radius 1 is 1.23 bits per heavy atom. The van der Waals surface area contributed by atoms with Gasteiger partial charge in [0.05, 0.1) is 0 Å². The molecule has 0 aromatic heterocycles. The molecule has 3 unspecified atom stereocenters. The molecule has 1 saturated carbocycles. The van der Waals surface area contributed by atoms with E-state index in [4.69, 9.17) is 16.3 Å². The fraction of sp³-hybridized carbons (Fsp3) is 0.600. The minimum Gasteiger partial charge on any atom is -0.481 e. The van der Waals surface area contributed by atoms with Crippen molar-refractivity contribution in [2.45, 2.75) is 71.6 Å². The van der Waals surface area contributed by atoms with Crippen molar-refractivity contribution < 1.29 is 14.3 Å². The molecule has 0 radical (unpaired) electrons. The van der Waals surface area contributed by atoms with Gasteiger partial charge in [-0.2, -0.15) is 0 Å². The van der Waals surface area contributed by atoms with Crippen LogP contribution in [0.1, 0.15) is 52.0 Å². The molecule has 0 aliphatic heterocycles. The summed E-state index contributed by atoms with van der Waals surface area (Å²) in [6.45, 7) is 7.53. The van der Waals surface area contributed by atoms with Crippen molar-refractivity contribution in [3.8, 4) is 5.75 Å². The maximum atomic E-state index is 12.5. The SMILES string of the molecule is Cc1cc(OC(C)C(=O)NC2CCCC(C(=O)NC(C)C)C2)ccc1Cl. The van der Waals surface area contributed by atoms with Crippen molar-refractivity contribution in [2.75, 3.05) is 0 Å². The molecule has 1 fully saturated rings. The molecule has 1 aliphatic carbocycles.